The number of hydrogen-bond acceptors (Lipinski definition) is 7. The average molecular weight is 397 g/mol. The van der Waals surface area contributed by atoms with Gasteiger partial charge in [0.15, 0.2) is 5.65 Å². The number of imidazole rings is 1. The first-order valence-corrected chi connectivity index (χ1v) is 8.32. The van der Waals surface area contributed by atoms with Crippen molar-refractivity contribution in [3.8, 4) is 11.8 Å². The molecule has 0 unspecified atom stereocenters. The number of carbonyl (C=O) groups is 1. The molecule has 0 aliphatic carbocycles. The summed E-state index contributed by atoms with van der Waals surface area (Å²) in [5.41, 5.74) is 0.810. The van der Waals surface area contributed by atoms with E-state index in [1.807, 2.05) is 0 Å². The van der Waals surface area contributed by atoms with Crippen LogP contribution in [0.1, 0.15) is 6.92 Å². The average Bonchev–Trinajstić information content (AvgIpc) is 3.05. The molecule has 1 amide bonds. The first-order valence-electron chi connectivity index (χ1n) is 8.32. The Morgan fingerprint density at radius 2 is 2.00 bits per heavy atom. The van der Waals surface area contributed by atoms with Gasteiger partial charge in [0.25, 0.3) is 0 Å². The highest BCUT2D eigenvalue weighted by Crippen LogP contribution is 2.23. The van der Waals surface area contributed by atoms with Gasteiger partial charge in [0.2, 0.25) is 11.9 Å². The minimum absolute atomic E-state index is 0.0171. The summed E-state index contributed by atoms with van der Waals surface area (Å²) in [4.78, 5) is 30.5. The number of hydrogen-bond donors (Lipinski definition) is 3. The van der Waals surface area contributed by atoms with E-state index in [2.05, 4.69) is 35.6 Å². The molecule has 3 heterocycles. The smallest absolute Gasteiger partial charge is 0.324 e. The van der Waals surface area contributed by atoms with Crippen molar-refractivity contribution < 1.29 is 18.3 Å². The number of nitrogens with zero attached hydrogens (tertiary/aromatic N) is 4. The highest BCUT2D eigenvalue weighted by molar-refractivity contribution is 5.87. The minimum atomic E-state index is -0.756. The van der Waals surface area contributed by atoms with Crippen LogP contribution in [-0.4, -0.2) is 30.8 Å². The molecule has 0 bridgehead atoms. The number of H-pyrrole nitrogens is 1. The summed E-state index contributed by atoms with van der Waals surface area (Å²) in [6.07, 6.45) is 2.92. The van der Waals surface area contributed by atoms with Gasteiger partial charge in [-0.1, -0.05) is 0 Å². The number of anilines is 3. The normalized spacial score (nSPS) is 10.7. The Morgan fingerprint density at radius 3 is 2.79 bits per heavy atom. The Bertz CT molecular complexity index is 1210. The molecule has 0 saturated carbocycles. The van der Waals surface area contributed by atoms with Crippen LogP contribution in [0.5, 0.6) is 11.8 Å². The van der Waals surface area contributed by atoms with Crippen molar-refractivity contribution in [2.24, 2.45) is 0 Å². The molecule has 4 aromatic rings. The van der Waals surface area contributed by atoms with Crippen LogP contribution in [0.25, 0.3) is 11.2 Å². The van der Waals surface area contributed by atoms with Crippen LogP contribution in [0, 0.1) is 11.6 Å². The fraction of sp³-hybridized carbons (Fsp3) is 0.0556. The maximum Gasteiger partial charge on any atom is 0.324 e. The number of carbonyl (C=O) groups excluding carboxylic acids is 1. The van der Waals surface area contributed by atoms with Gasteiger partial charge in [0.1, 0.15) is 28.7 Å². The topological polar surface area (TPSA) is 118 Å². The van der Waals surface area contributed by atoms with E-state index >= 15 is 0 Å². The third-order valence-electron chi connectivity index (χ3n) is 3.65. The fourth-order valence-electron chi connectivity index (χ4n) is 2.45. The SMILES string of the molecule is CC(=O)Nc1cc(Oc2ncc3[nH]c(Nc4ccc(F)cc4F)nc3n2)ccn1. The summed E-state index contributed by atoms with van der Waals surface area (Å²) >= 11 is 0. The standard InChI is InChI=1S/C18H13F2N7O2/c1-9(28)23-15-7-11(4-5-21-15)29-18-22-8-14-16(27-18)26-17(25-14)24-13-3-2-10(19)6-12(13)20/h2-8H,1H3,(H,21,23,28)(H2,22,24,25,26,27). The molecule has 0 aliphatic heterocycles. The van der Waals surface area contributed by atoms with Crippen molar-refractivity contribution in [2.45, 2.75) is 6.92 Å². The second-order valence-corrected chi connectivity index (χ2v) is 5.88. The minimum Gasteiger partial charge on any atom is -0.424 e. The van der Waals surface area contributed by atoms with Crippen molar-refractivity contribution in [1.82, 2.24) is 24.9 Å². The second kappa shape index (κ2) is 7.46. The lowest BCUT2D eigenvalue weighted by atomic mass is 10.3. The van der Waals surface area contributed by atoms with Crippen LogP contribution in [0.3, 0.4) is 0 Å². The van der Waals surface area contributed by atoms with Crippen molar-refractivity contribution in [2.75, 3.05) is 10.6 Å². The predicted octanol–water partition coefficient (Wildman–Crippen LogP) is 3.52. The van der Waals surface area contributed by atoms with Crippen molar-refractivity contribution in [1.29, 1.82) is 0 Å². The van der Waals surface area contributed by atoms with Gasteiger partial charge in [0.05, 0.1) is 11.9 Å². The Kier molecular flexibility index (Phi) is 4.69. The number of amides is 1. The van der Waals surface area contributed by atoms with E-state index in [9.17, 15) is 13.6 Å². The number of aromatic amines is 1. The molecule has 3 aromatic heterocycles. The van der Waals surface area contributed by atoms with Crippen LogP contribution in [0.4, 0.5) is 26.2 Å². The molecule has 1 aromatic carbocycles. The number of nitrogens with one attached hydrogen (secondary N) is 3. The van der Waals surface area contributed by atoms with Crippen LogP contribution in [0.15, 0.2) is 42.7 Å². The zero-order valence-electron chi connectivity index (χ0n) is 14.9. The molecular formula is C18H13F2N7O2. The van der Waals surface area contributed by atoms with Gasteiger partial charge in [-0.3, -0.25) is 4.79 Å². The molecule has 0 atom stereocenters. The zero-order valence-corrected chi connectivity index (χ0v) is 14.9. The third-order valence-corrected chi connectivity index (χ3v) is 3.65. The van der Waals surface area contributed by atoms with E-state index in [0.29, 0.717) is 17.1 Å². The van der Waals surface area contributed by atoms with Crippen LogP contribution in [-0.2, 0) is 4.79 Å². The van der Waals surface area contributed by atoms with Crippen LogP contribution in [0.2, 0.25) is 0 Å². The molecule has 0 aliphatic rings. The number of ether oxygens (including phenoxy) is 1. The van der Waals surface area contributed by atoms with Crippen LogP contribution >= 0.6 is 0 Å². The highest BCUT2D eigenvalue weighted by Gasteiger charge is 2.11. The van der Waals surface area contributed by atoms with Gasteiger partial charge < -0.3 is 20.4 Å². The van der Waals surface area contributed by atoms with E-state index in [4.69, 9.17) is 4.74 Å². The Balaban J connectivity index is 1.55. The number of fused-ring (bicyclic) bond motifs is 1. The summed E-state index contributed by atoms with van der Waals surface area (Å²) in [6.45, 7) is 1.37. The van der Waals surface area contributed by atoms with E-state index in [0.717, 1.165) is 12.1 Å². The summed E-state index contributed by atoms with van der Waals surface area (Å²) in [5.74, 6) is -0.805. The molecule has 3 N–H and O–H groups in total. The lowest BCUT2D eigenvalue weighted by Crippen LogP contribution is -2.07. The number of benzene rings is 1. The van der Waals surface area contributed by atoms with E-state index in [-0.39, 0.29) is 29.2 Å². The zero-order chi connectivity index (χ0) is 20.4. The van der Waals surface area contributed by atoms with Gasteiger partial charge in [-0.25, -0.2) is 18.7 Å². The van der Waals surface area contributed by atoms with Gasteiger partial charge in [-0.2, -0.15) is 9.97 Å². The lowest BCUT2D eigenvalue weighted by molar-refractivity contribution is -0.114. The fourth-order valence-corrected chi connectivity index (χ4v) is 2.45. The molecule has 0 spiro atoms. The number of rotatable bonds is 5. The molecule has 0 saturated heterocycles. The van der Waals surface area contributed by atoms with Crippen LogP contribution < -0.4 is 15.4 Å². The van der Waals surface area contributed by atoms with Gasteiger partial charge in [-0.15, -0.1) is 0 Å². The summed E-state index contributed by atoms with van der Waals surface area (Å²) in [5, 5.41) is 5.26. The molecule has 146 valence electrons. The maximum absolute atomic E-state index is 13.8. The maximum atomic E-state index is 13.8. The Morgan fingerprint density at radius 1 is 1.14 bits per heavy atom. The molecular weight excluding hydrogens is 384 g/mol. The predicted molar refractivity (Wildman–Crippen MR) is 99.9 cm³/mol. The summed E-state index contributed by atoms with van der Waals surface area (Å²) in [7, 11) is 0. The second-order valence-electron chi connectivity index (χ2n) is 5.88. The monoisotopic (exact) mass is 397 g/mol. The molecule has 29 heavy (non-hydrogen) atoms. The number of pyridine rings is 1. The van der Waals surface area contributed by atoms with E-state index in [1.54, 1.807) is 6.07 Å². The van der Waals surface area contributed by atoms with E-state index < -0.39 is 11.6 Å². The number of halogens is 2. The highest BCUT2D eigenvalue weighted by atomic mass is 19.1. The molecule has 9 nitrogen and oxygen atoms in total. The molecule has 0 radical (unpaired) electrons. The largest absolute Gasteiger partial charge is 0.424 e. The van der Waals surface area contributed by atoms with Crippen molar-refractivity contribution in [3.05, 3.63) is 54.4 Å². The Labute approximate surface area is 162 Å². The van der Waals surface area contributed by atoms with Gasteiger partial charge in [0, 0.05) is 25.3 Å². The van der Waals surface area contributed by atoms with Gasteiger partial charge in [-0.05, 0) is 18.2 Å². The quantitative estimate of drug-likeness (QED) is 0.472. The van der Waals surface area contributed by atoms with Crippen molar-refractivity contribution in [3.63, 3.8) is 0 Å². The molecule has 11 heteroatoms. The first kappa shape index (κ1) is 18.2. The number of aromatic nitrogens is 5. The summed E-state index contributed by atoms with van der Waals surface area (Å²) < 4.78 is 32.4. The summed E-state index contributed by atoms with van der Waals surface area (Å²) in [6, 6.07) is 6.26. The third kappa shape index (κ3) is 4.24. The van der Waals surface area contributed by atoms with Gasteiger partial charge >= 0.3 is 6.01 Å². The molecule has 0 fully saturated rings. The lowest BCUT2D eigenvalue weighted by Gasteiger charge is -2.05. The first-order chi connectivity index (χ1) is 14.0. The van der Waals surface area contributed by atoms with Crippen molar-refractivity contribution >= 4 is 34.5 Å². The van der Waals surface area contributed by atoms with E-state index in [1.165, 1.54) is 31.5 Å². The Hall–Kier alpha value is -4.15. The molecule has 4 rings (SSSR count).